The van der Waals surface area contributed by atoms with Crippen molar-refractivity contribution in [3.05, 3.63) is 24.8 Å². The van der Waals surface area contributed by atoms with Crippen molar-refractivity contribution in [2.45, 2.75) is 45.1 Å². The van der Waals surface area contributed by atoms with E-state index in [1.54, 1.807) is 6.20 Å². The Morgan fingerprint density at radius 1 is 1.33 bits per heavy atom. The maximum atomic E-state index is 11.9. The molecular formula is C18H24N6O2S. The first kappa shape index (κ1) is 18.0. The van der Waals surface area contributed by atoms with E-state index >= 15 is 0 Å². The molecule has 1 aliphatic rings. The van der Waals surface area contributed by atoms with Gasteiger partial charge < -0.3 is 4.98 Å². The molecule has 27 heavy (non-hydrogen) atoms. The fraction of sp³-hybridized carbons (Fsp3) is 0.500. The maximum Gasteiger partial charge on any atom is 0.231 e. The molecule has 0 saturated heterocycles. The zero-order valence-electron chi connectivity index (χ0n) is 15.5. The molecule has 1 aliphatic carbocycles. The van der Waals surface area contributed by atoms with E-state index in [4.69, 9.17) is 0 Å². The summed E-state index contributed by atoms with van der Waals surface area (Å²) in [5, 5.41) is 5.47. The van der Waals surface area contributed by atoms with Crippen LogP contribution in [0.15, 0.2) is 24.8 Å². The van der Waals surface area contributed by atoms with Gasteiger partial charge in [0.1, 0.15) is 12.0 Å². The Morgan fingerprint density at radius 2 is 2.11 bits per heavy atom. The van der Waals surface area contributed by atoms with Crippen LogP contribution in [0, 0.1) is 5.92 Å². The molecule has 4 rings (SSSR count). The fourth-order valence-corrected chi connectivity index (χ4v) is 4.65. The largest absolute Gasteiger partial charge is 0.346 e. The highest BCUT2D eigenvalue weighted by atomic mass is 32.2. The number of nitrogens with one attached hydrogen (secondary N) is 2. The molecule has 0 radical (unpaired) electrons. The summed E-state index contributed by atoms with van der Waals surface area (Å²) >= 11 is 0. The van der Waals surface area contributed by atoms with Gasteiger partial charge in [-0.1, -0.05) is 19.8 Å². The van der Waals surface area contributed by atoms with Crippen LogP contribution in [0.25, 0.3) is 22.3 Å². The third-order valence-electron chi connectivity index (χ3n) is 5.33. The van der Waals surface area contributed by atoms with Crippen molar-refractivity contribution in [3.8, 4) is 11.3 Å². The predicted molar refractivity (Wildman–Crippen MR) is 105 cm³/mol. The lowest BCUT2D eigenvalue weighted by molar-refractivity contribution is 0.302. The lowest BCUT2D eigenvalue weighted by atomic mass is 9.96. The number of sulfonamides is 1. The number of nitrogens with zero attached hydrogens (tertiary/aromatic N) is 4. The van der Waals surface area contributed by atoms with E-state index in [9.17, 15) is 8.42 Å². The number of H-pyrrole nitrogens is 1. The first-order valence-corrected chi connectivity index (χ1v) is 11.2. The van der Waals surface area contributed by atoms with Crippen molar-refractivity contribution < 1.29 is 8.42 Å². The van der Waals surface area contributed by atoms with Gasteiger partial charge in [0.2, 0.25) is 10.0 Å². The van der Waals surface area contributed by atoms with Gasteiger partial charge in [0.05, 0.1) is 23.6 Å². The Bertz CT molecular complexity index is 1050. The molecule has 0 aromatic carbocycles. The van der Waals surface area contributed by atoms with Gasteiger partial charge in [0.15, 0.2) is 5.82 Å². The van der Waals surface area contributed by atoms with E-state index in [0.717, 1.165) is 18.1 Å². The smallest absolute Gasteiger partial charge is 0.231 e. The second kappa shape index (κ2) is 6.95. The molecule has 1 saturated carbocycles. The van der Waals surface area contributed by atoms with Crippen LogP contribution in [0.2, 0.25) is 0 Å². The van der Waals surface area contributed by atoms with E-state index in [1.165, 1.54) is 32.0 Å². The van der Waals surface area contributed by atoms with Crippen molar-refractivity contribution >= 4 is 26.9 Å². The van der Waals surface area contributed by atoms with E-state index in [2.05, 4.69) is 31.7 Å². The quantitative estimate of drug-likeness (QED) is 0.674. The molecule has 1 atom stereocenters. The predicted octanol–water partition coefficient (Wildman–Crippen LogP) is 3.33. The molecule has 3 aromatic rings. The first-order chi connectivity index (χ1) is 13.0. The number of rotatable bonds is 6. The highest BCUT2D eigenvalue weighted by Crippen LogP contribution is 2.38. The Hall–Kier alpha value is -2.42. The molecule has 3 heterocycles. The third kappa shape index (κ3) is 3.55. The molecule has 0 spiro atoms. The number of anilines is 1. The summed E-state index contributed by atoms with van der Waals surface area (Å²) in [6.45, 7) is 2.16. The van der Waals surface area contributed by atoms with Crippen LogP contribution in [0.1, 0.15) is 45.1 Å². The van der Waals surface area contributed by atoms with Crippen LogP contribution >= 0.6 is 0 Å². The monoisotopic (exact) mass is 388 g/mol. The highest BCUT2D eigenvalue weighted by molar-refractivity contribution is 7.92. The van der Waals surface area contributed by atoms with Crippen molar-refractivity contribution in [2.24, 2.45) is 5.92 Å². The second-order valence-corrected chi connectivity index (χ2v) is 8.98. The maximum absolute atomic E-state index is 11.9. The van der Waals surface area contributed by atoms with Crippen LogP contribution in [0.5, 0.6) is 0 Å². The van der Waals surface area contributed by atoms with Gasteiger partial charge in [-0.15, -0.1) is 0 Å². The van der Waals surface area contributed by atoms with Crippen LogP contribution in [0.4, 0.5) is 5.82 Å². The molecule has 9 heteroatoms. The second-order valence-electron chi connectivity index (χ2n) is 7.23. The molecular weight excluding hydrogens is 364 g/mol. The first-order valence-electron chi connectivity index (χ1n) is 9.31. The molecule has 1 unspecified atom stereocenters. The van der Waals surface area contributed by atoms with Gasteiger partial charge in [-0.05, 0) is 31.2 Å². The minimum atomic E-state index is -3.46. The van der Waals surface area contributed by atoms with Gasteiger partial charge in [-0.25, -0.2) is 18.4 Å². The fourth-order valence-electron chi connectivity index (χ4n) is 4.15. The molecule has 0 bridgehead atoms. The van der Waals surface area contributed by atoms with Crippen molar-refractivity contribution in [3.63, 3.8) is 0 Å². The molecule has 2 N–H and O–H groups in total. The van der Waals surface area contributed by atoms with Crippen molar-refractivity contribution in [1.29, 1.82) is 0 Å². The number of fused-ring (bicyclic) bond motifs is 1. The van der Waals surface area contributed by atoms with E-state index in [0.29, 0.717) is 28.6 Å². The lowest BCUT2D eigenvalue weighted by Crippen LogP contribution is -2.18. The minimum absolute atomic E-state index is 0.255. The van der Waals surface area contributed by atoms with Crippen LogP contribution in [-0.4, -0.2) is 39.4 Å². The van der Waals surface area contributed by atoms with E-state index in [-0.39, 0.29) is 6.04 Å². The Kier molecular flexibility index (Phi) is 4.63. The number of aromatic nitrogens is 5. The number of hydrogen-bond acceptors (Lipinski definition) is 5. The van der Waals surface area contributed by atoms with Gasteiger partial charge >= 0.3 is 0 Å². The van der Waals surface area contributed by atoms with Gasteiger partial charge in [-0.3, -0.25) is 9.40 Å². The molecule has 8 nitrogen and oxygen atoms in total. The molecule has 1 fully saturated rings. The average molecular weight is 388 g/mol. The topological polar surface area (TPSA) is 106 Å². The zero-order valence-corrected chi connectivity index (χ0v) is 16.3. The van der Waals surface area contributed by atoms with Crippen LogP contribution in [-0.2, 0) is 10.0 Å². The van der Waals surface area contributed by atoms with E-state index in [1.807, 2.05) is 16.9 Å². The highest BCUT2D eigenvalue weighted by Gasteiger charge is 2.28. The number of aromatic amines is 1. The molecule has 3 aromatic heterocycles. The molecule has 144 valence electrons. The summed E-state index contributed by atoms with van der Waals surface area (Å²) in [7, 11) is -3.46. The lowest BCUT2D eigenvalue weighted by Gasteiger charge is -2.22. The van der Waals surface area contributed by atoms with Crippen molar-refractivity contribution in [2.75, 3.05) is 11.0 Å². The summed E-state index contributed by atoms with van der Waals surface area (Å²) in [5.41, 5.74) is 2.05. The summed E-state index contributed by atoms with van der Waals surface area (Å²) in [5.74, 6) is 0.890. The summed E-state index contributed by atoms with van der Waals surface area (Å²) < 4.78 is 28.3. The normalized spacial score (nSPS) is 16.8. The Morgan fingerprint density at radius 3 is 2.81 bits per heavy atom. The van der Waals surface area contributed by atoms with Gasteiger partial charge in [-0.2, -0.15) is 5.10 Å². The molecule has 0 amide bonds. The van der Waals surface area contributed by atoms with Gasteiger partial charge in [0, 0.05) is 17.8 Å². The van der Waals surface area contributed by atoms with Crippen LogP contribution in [0.3, 0.4) is 0 Å². The zero-order chi connectivity index (χ0) is 19.0. The van der Waals surface area contributed by atoms with Crippen LogP contribution < -0.4 is 4.72 Å². The minimum Gasteiger partial charge on any atom is -0.346 e. The van der Waals surface area contributed by atoms with Crippen molar-refractivity contribution in [1.82, 2.24) is 24.7 Å². The molecule has 0 aliphatic heterocycles. The third-order valence-corrected chi connectivity index (χ3v) is 5.89. The summed E-state index contributed by atoms with van der Waals surface area (Å²) in [6.07, 6.45) is 12.2. The summed E-state index contributed by atoms with van der Waals surface area (Å²) in [4.78, 5) is 11.7. The Labute approximate surface area is 158 Å². The van der Waals surface area contributed by atoms with E-state index < -0.39 is 10.0 Å². The standard InChI is InChI=1S/C18H24N6O2S/c1-3-15(12-6-4-5-7-12)24-10-14(18(22-24)23-27(2,25)26)16-13-8-9-19-17(13)21-11-20-16/h8-12,15H,3-7H2,1-2H3,(H,22,23)(H,19,20,21). The Balaban J connectivity index is 1.84. The average Bonchev–Trinajstić information content (AvgIpc) is 3.34. The number of hydrogen-bond donors (Lipinski definition) is 2. The SMILES string of the molecule is CCC(C1CCCC1)n1cc(-c2ncnc3[nH]ccc23)c(NS(C)(=O)=O)n1. The van der Waals surface area contributed by atoms with Gasteiger partial charge in [0.25, 0.3) is 0 Å². The summed E-state index contributed by atoms with van der Waals surface area (Å²) in [6, 6.07) is 2.14.